The van der Waals surface area contributed by atoms with Crippen LogP contribution in [-0.4, -0.2) is 17.3 Å². The molecule has 0 bridgehead atoms. The van der Waals surface area contributed by atoms with Gasteiger partial charge < -0.3 is 5.32 Å². The van der Waals surface area contributed by atoms with Gasteiger partial charge in [0.05, 0.1) is 5.38 Å². The summed E-state index contributed by atoms with van der Waals surface area (Å²) in [6, 6.07) is 4.13. The Morgan fingerprint density at radius 3 is 2.72 bits per heavy atom. The van der Waals surface area contributed by atoms with Gasteiger partial charge in [0, 0.05) is 16.1 Å². The highest BCUT2D eigenvalue weighted by Crippen LogP contribution is 2.23. The molecular weight excluding hydrogens is 321 g/mol. The van der Waals surface area contributed by atoms with Crippen LogP contribution in [0.4, 0.5) is 4.39 Å². The average Bonchev–Trinajstić information content (AvgIpc) is 2.31. The molecule has 2 rings (SSSR count). The standard InChI is InChI=1S/C13H14BrClFNO/c14-9-5-8(6-10(16)7-9)13(18)17-12-4-2-1-3-11(12)15/h5-7,11-12H,1-4H2,(H,17,18). The van der Waals surface area contributed by atoms with Gasteiger partial charge in [-0.25, -0.2) is 4.39 Å². The minimum Gasteiger partial charge on any atom is -0.348 e. The number of nitrogens with one attached hydrogen (secondary N) is 1. The Morgan fingerprint density at radius 2 is 2.06 bits per heavy atom. The van der Waals surface area contributed by atoms with Crippen molar-refractivity contribution in [2.45, 2.75) is 37.1 Å². The lowest BCUT2D eigenvalue weighted by Crippen LogP contribution is -2.42. The van der Waals surface area contributed by atoms with E-state index >= 15 is 0 Å². The Balaban J connectivity index is 2.06. The molecule has 1 aromatic rings. The number of carbonyl (C=O) groups is 1. The summed E-state index contributed by atoms with van der Waals surface area (Å²) in [4.78, 5) is 12.0. The lowest BCUT2D eigenvalue weighted by atomic mass is 9.94. The number of alkyl halides is 1. The molecule has 1 aromatic carbocycles. The predicted octanol–water partition coefficient (Wildman–Crippen LogP) is 3.87. The van der Waals surface area contributed by atoms with E-state index in [0.29, 0.717) is 10.0 Å². The molecule has 1 fully saturated rings. The normalized spacial score (nSPS) is 23.7. The maximum absolute atomic E-state index is 13.2. The van der Waals surface area contributed by atoms with Crippen molar-refractivity contribution in [1.82, 2.24) is 5.32 Å². The van der Waals surface area contributed by atoms with Crippen LogP contribution in [0.2, 0.25) is 0 Å². The lowest BCUT2D eigenvalue weighted by molar-refractivity contribution is 0.0928. The van der Waals surface area contributed by atoms with Crippen LogP contribution >= 0.6 is 27.5 Å². The monoisotopic (exact) mass is 333 g/mol. The fourth-order valence-electron chi connectivity index (χ4n) is 2.18. The topological polar surface area (TPSA) is 29.1 Å². The first kappa shape index (κ1) is 13.8. The molecular formula is C13H14BrClFNO. The highest BCUT2D eigenvalue weighted by molar-refractivity contribution is 9.10. The predicted molar refractivity (Wildman–Crippen MR) is 73.5 cm³/mol. The summed E-state index contributed by atoms with van der Waals surface area (Å²) in [5.74, 6) is -0.701. The third-order valence-corrected chi connectivity index (χ3v) is 4.10. The van der Waals surface area contributed by atoms with Gasteiger partial charge in [-0.3, -0.25) is 4.79 Å². The molecule has 2 unspecified atom stereocenters. The number of hydrogen-bond acceptors (Lipinski definition) is 1. The van der Waals surface area contributed by atoms with Crippen LogP contribution in [0.3, 0.4) is 0 Å². The van der Waals surface area contributed by atoms with Gasteiger partial charge in [-0.1, -0.05) is 28.8 Å². The van der Waals surface area contributed by atoms with Crippen molar-refractivity contribution in [3.05, 3.63) is 34.1 Å². The van der Waals surface area contributed by atoms with Crippen molar-refractivity contribution in [2.24, 2.45) is 0 Å². The second kappa shape index (κ2) is 6.02. The lowest BCUT2D eigenvalue weighted by Gasteiger charge is -2.27. The number of halogens is 3. The van der Waals surface area contributed by atoms with Gasteiger partial charge in [0.1, 0.15) is 5.82 Å². The van der Waals surface area contributed by atoms with Crippen LogP contribution in [0.15, 0.2) is 22.7 Å². The molecule has 0 aromatic heterocycles. The highest BCUT2D eigenvalue weighted by atomic mass is 79.9. The minimum absolute atomic E-state index is 0.0186. The maximum Gasteiger partial charge on any atom is 0.251 e. The van der Waals surface area contributed by atoms with Crippen LogP contribution in [0.5, 0.6) is 0 Å². The zero-order valence-electron chi connectivity index (χ0n) is 9.76. The van der Waals surface area contributed by atoms with Gasteiger partial charge >= 0.3 is 0 Å². The highest BCUT2D eigenvalue weighted by Gasteiger charge is 2.25. The Hall–Kier alpha value is -0.610. The van der Waals surface area contributed by atoms with Crippen LogP contribution in [0.25, 0.3) is 0 Å². The Morgan fingerprint density at radius 1 is 1.33 bits per heavy atom. The molecule has 1 aliphatic carbocycles. The second-order valence-corrected chi connectivity index (χ2v) is 6.01. The van der Waals surface area contributed by atoms with Gasteiger partial charge in [0.15, 0.2) is 0 Å². The Labute approximate surface area is 119 Å². The van der Waals surface area contributed by atoms with Gasteiger partial charge in [0.25, 0.3) is 5.91 Å². The summed E-state index contributed by atoms with van der Waals surface area (Å²) in [5, 5.41) is 2.85. The van der Waals surface area contributed by atoms with Crippen molar-refractivity contribution >= 4 is 33.4 Å². The summed E-state index contributed by atoms with van der Waals surface area (Å²) in [6.07, 6.45) is 3.98. The Kier molecular flexibility index (Phi) is 4.62. The van der Waals surface area contributed by atoms with E-state index in [1.165, 1.54) is 12.1 Å². The summed E-state index contributed by atoms with van der Waals surface area (Å²) in [5.41, 5.74) is 0.316. The zero-order chi connectivity index (χ0) is 13.1. The third kappa shape index (κ3) is 3.45. The summed E-state index contributed by atoms with van der Waals surface area (Å²) in [7, 11) is 0. The Bertz CT molecular complexity index is 434. The zero-order valence-corrected chi connectivity index (χ0v) is 12.1. The molecule has 98 valence electrons. The van der Waals surface area contributed by atoms with Gasteiger partial charge in [0.2, 0.25) is 0 Å². The first-order valence-electron chi connectivity index (χ1n) is 5.97. The van der Waals surface area contributed by atoms with E-state index in [1.54, 1.807) is 6.07 Å². The molecule has 0 radical (unpaired) electrons. The molecule has 1 N–H and O–H groups in total. The van der Waals surface area contributed by atoms with Gasteiger partial charge in [-0.2, -0.15) is 0 Å². The molecule has 0 spiro atoms. The number of rotatable bonds is 2. The fraction of sp³-hybridized carbons (Fsp3) is 0.462. The molecule has 0 saturated heterocycles. The third-order valence-electron chi connectivity index (χ3n) is 3.12. The SMILES string of the molecule is O=C(NC1CCCCC1Cl)c1cc(F)cc(Br)c1. The molecule has 5 heteroatoms. The van der Waals surface area contributed by atoms with Crippen molar-refractivity contribution in [3.8, 4) is 0 Å². The minimum atomic E-state index is -0.430. The van der Waals surface area contributed by atoms with Crippen LogP contribution in [0, 0.1) is 5.82 Å². The molecule has 2 nitrogen and oxygen atoms in total. The fourth-order valence-corrected chi connectivity index (χ4v) is 2.99. The first-order valence-corrected chi connectivity index (χ1v) is 7.20. The summed E-state index contributed by atoms with van der Waals surface area (Å²) in [6.45, 7) is 0. The van der Waals surface area contributed by atoms with Crippen LogP contribution < -0.4 is 5.32 Å². The average molecular weight is 335 g/mol. The first-order chi connectivity index (χ1) is 8.56. The van der Waals surface area contributed by atoms with Crippen molar-refractivity contribution in [3.63, 3.8) is 0 Å². The number of benzene rings is 1. The van der Waals surface area contributed by atoms with Crippen LogP contribution in [-0.2, 0) is 0 Å². The van der Waals surface area contributed by atoms with E-state index in [9.17, 15) is 9.18 Å². The van der Waals surface area contributed by atoms with Crippen molar-refractivity contribution in [2.75, 3.05) is 0 Å². The number of carbonyl (C=O) groups excluding carboxylic acids is 1. The maximum atomic E-state index is 13.2. The largest absolute Gasteiger partial charge is 0.348 e. The van der Waals surface area contributed by atoms with Crippen LogP contribution in [0.1, 0.15) is 36.0 Å². The van der Waals surface area contributed by atoms with Gasteiger partial charge in [-0.05, 0) is 31.0 Å². The van der Waals surface area contributed by atoms with E-state index in [-0.39, 0.29) is 17.3 Å². The molecule has 1 saturated carbocycles. The number of hydrogen-bond donors (Lipinski definition) is 1. The van der Waals surface area contributed by atoms with E-state index in [2.05, 4.69) is 21.2 Å². The van der Waals surface area contributed by atoms with Crippen molar-refractivity contribution in [1.29, 1.82) is 0 Å². The van der Waals surface area contributed by atoms with E-state index < -0.39 is 5.82 Å². The second-order valence-electron chi connectivity index (χ2n) is 4.54. The molecule has 1 amide bonds. The summed E-state index contributed by atoms with van der Waals surface area (Å²) < 4.78 is 13.8. The smallest absolute Gasteiger partial charge is 0.251 e. The molecule has 2 atom stereocenters. The van der Waals surface area contributed by atoms with E-state index in [1.807, 2.05) is 0 Å². The van der Waals surface area contributed by atoms with Gasteiger partial charge in [-0.15, -0.1) is 11.6 Å². The number of amides is 1. The van der Waals surface area contributed by atoms with E-state index in [0.717, 1.165) is 25.7 Å². The summed E-state index contributed by atoms with van der Waals surface area (Å²) >= 11 is 9.35. The molecule has 18 heavy (non-hydrogen) atoms. The molecule has 0 heterocycles. The van der Waals surface area contributed by atoms with E-state index in [4.69, 9.17) is 11.6 Å². The quantitative estimate of drug-likeness (QED) is 0.817. The molecule has 0 aliphatic heterocycles. The van der Waals surface area contributed by atoms with Crippen molar-refractivity contribution < 1.29 is 9.18 Å². The molecule has 1 aliphatic rings.